The van der Waals surface area contributed by atoms with Gasteiger partial charge in [0.1, 0.15) is 17.3 Å². The summed E-state index contributed by atoms with van der Waals surface area (Å²) in [6.07, 6.45) is 4.91. The Morgan fingerprint density at radius 1 is 1.11 bits per heavy atom. The van der Waals surface area contributed by atoms with Crippen molar-refractivity contribution in [2.45, 2.75) is 25.8 Å². The Hall–Kier alpha value is -3.79. The molecule has 1 aliphatic carbocycles. The van der Waals surface area contributed by atoms with Crippen molar-refractivity contribution in [1.82, 2.24) is 14.3 Å². The van der Waals surface area contributed by atoms with E-state index >= 15 is 0 Å². The predicted molar refractivity (Wildman–Crippen MR) is 128 cm³/mol. The van der Waals surface area contributed by atoms with Gasteiger partial charge in [0, 0.05) is 39.9 Å². The van der Waals surface area contributed by atoms with E-state index in [1.807, 2.05) is 16.9 Å². The molecule has 180 valence electrons. The number of aromatic nitrogens is 2. The first-order valence-electron chi connectivity index (χ1n) is 10.9. The maximum atomic E-state index is 14.6. The molecule has 1 aliphatic rings. The van der Waals surface area contributed by atoms with E-state index in [0.29, 0.717) is 10.9 Å². The molecule has 5 rings (SSSR count). The van der Waals surface area contributed by atoms with Crippen molar-refractivity contribution in [3.05, 3.63) is 93.0 Å². The smallest absolute Gasteiger partial charge is 0.282 e. The zero-order valence-corrected chi connectivity index (χ0v) is 19.5. The number of fused-ring (bicyclic) bond motifs is 2. The molecule has 2 aromatic heterocycles. The summed E-state index contributed by atoms with van der Waals surface area (Å²) in [7, 11) is -3.95. The molecule has 0 radical (unpaired) electrons. The van der Waals surface area contributed by atoms with Crippen LogP contribution in [0.2, 0.25) is 0 Å². The van der Waals surface area contributed by atoms with E-state index in [1.165, 1.54) is 16.8 Å². The summed E-state index contributed by atoms with van der Waals surface area (Å²) < 4.78 is 55.6. The highest BCUT2D eigenvalue weighted by molar-refractivity contribution is 7.89. The first-order chi connectivity index (χ1) is 16.6. The Morgan fingerprint density at radius 3 is 2.54 bits per heavy atom. The summed E-state index contributed by atoms with van der Waals surface area (Å²) in [5.41, 5.74) is 2.65. The number of nitrogens with one attached hydrogen (secondary N) is 2. The van der Waals surface area contributed by atoms with Crippen molar-refractivity contribution in [3.63, 3.8) is 0 Å². The lowest BCUT2D eigenvalue weighted by Crippen LogP contribution is -2.32. The quantitative estimate of drug-likeness (QED) is 0.441. The average Bonchev–Trinajstić information content (AvgIpc) is 3.35. The molecule has 0 aliphatic heterocycles. The molecule has 10 heteroatoms. The number of carbonyl (C=O) groups excluding carboxylic acids is 1. The minimum atomic E-state index is -3.95. The van der Waals surface area contributed by atoms with Crippen LogP contribution >= 0.6 is 0 Å². The zero-order valence-electron chi connectivity index (χ0n) is 18.7. The molecule has 0 saturated carbocycles. The minimum Gasteiger partial charge on any atom is -0.331 e. The molecule has 0 unspecified atom stereocenters. The SMILES string of the molecule is CS(=O)(=O)NC(=O)c1c(-c2ccc[nH]c2=O)c2cc3c(cc2n1Cc1ccc(F)cc1F)CCC3. The Kier molecular flexibility index (Phi) is 5.55. The number of rotatable bonds is 5. The molecule has 0 spiro atoms. The maximum Gasteiger partial charge on any atom is 0.282 e. The van der Waals surface area contributed by atoms with E-state index in [-0.39, 0.29) is 28.9 Å². The summed E-state index contributed by atoms with van der Waals surface area (Å²) in [6.45, 7) is -0.182. The number of amides is 1. The molecule has 4 aromatic rings. The van der Waals surface area contributed by atoms with Crippen molar-refractivity contribution < 1.29 is 22.0 Å². The fourth-order valence-corrected chi connectivity index (χ4v) is 5.18. The van der Waals surface area contributed by atoms with Crippen LogP contribution in [0.5, 0.6) is 0 Å². The largest absolute Gasteiger partial charge is 0.331 e. The summed E-state index contributed by atoms with van der Waals surface area (Å²) in [5.74, 6) is -2.50. The molecule has 0 fully saturated rings. The number of aromatic amines is 1. The fraction of sp³-hybridized carbons (Fsp3) is 0.200. The standard InChI is InChI=1S/C25H21F2N3O4S/c1-35(33,34)29-25(32)23-22(18-6-3-9-28-24(18)31)19-10-14-4-2-5-15(14)11-21(19)30(23)13-16-7-8-17(26)12-20(16)27/h3,6-12H,2,4-5,13H2,1H3,(H,28,31)(H,29,32). The van der Waals surface area contributed by atoms with Crippen molar-refractivity contribution in [2.75, 3.05) is 6.26 Å². The molecule has 1 amide bonds. The van der Waals surface area contributed by atoms with Crippen LogP contribution in [0.15, 0.2) is 53.5 Å². The van der Waals surface area contributed by atoms with Gasteiger partial charge in [0.2, 0.25) is 10.0 Å². The summed E-state index contributed by atoms with van der Waals surface area (Å²) in [6, 6.07) is 10.1. The summed E-state index contributed by atoms with van der Waals surface area (Å²) >= 11 is 0. The van der Waals surface area contributed by atoms with Gasteiger partial charge in [-0.15, -0.1) is 0 Å². The molecule has 2 aromatic carbocycles. The summed E-state index contributed by atoms with van der Waals surface area (Å²) in [4.78, 5) is 28.7. The number of sulfonamides is 1. The molecular weight excluding hydrogens is 476 g/mol. The van der Waals surface area contributed by atoms with Crippen LogP contribution < -0.4 is 10.3 Å². The second-order valence-corrected chi connectivity index (χ2v) is 10.4. The van der Waals surface area contributed by atoms with Gasteiger partial charge in [-0.1, -0.05) is 6.07 Å². The second kappa shape index (κ2) is 8.46. The van der Waals surface area contributed by atoms with Gasteiger partial charge in [-0.25, -0.2) is 21.9 Å². The third-order valence-corrected chi connectivity index (χ3v) is 6.76. The van der Waals surface area contributed by atoms with E-state index < -0.39 is 33.1 Å². The number of hydrogen-bond donors (Lipinski definition) is 2. The first kappa shape index (κ1) is 23.0. The molecular formula is C25H21F2N3O4S. The van der Waals surface area contributed by atoms with E-state index in [1.54, 1.807) is 12.1 Å². The molecule has 0 atom stereocenters. The predicted octanol–water partition coefficient (Wildman–Crippen LogP) is 3.50. The van der Waals surface area contributed by atoms with Crippen molar-refractivity contribution >= 4 is 26.8 Å². The molecule has 7 nitrogen and oxygen atoms in total. The number of carbonyl (C=O) groups is 1. The molecule has 2 heterocycles. The number of nitrogens with zero attached hydrogens (tertiary/aromatic N) is 1. The Morgan fingerprint density at radius 2 is 1.86 bits per heavy atom. The maximum absolute atomic E-state index is 14.6. The number of pyridine rings is 1. The van der Waals surface area contributed by atoms with Crippen LogP contribution in [0.4, 0.5) is 8.78 Å². The molecule has 35 heavy (non-hydrogen) atoms. The van der Waals surface area contributed by atoms with Crippen molar-refractivity contribution in [2.24, 2.45) is 0 Å². The molecule has 2 N–H and O–H groups in total. The van der Waals surface area contributed by atoms with Crippen LogP contribution in [-0.2, 0) is 29.4 Å². The van der Waals surface area contributed by atoms with Crippen LogP contribution in [0.1, 0.15) is 33.6 Å². The van der Waals surface area contributed by atoms with Crippen LogP contribution in [0.3, 0.4) is 0 Å². The topological polar surface area (TPSA) is 101 Å². The van der Waals surface area contributed by atoms with E-state index in [2.05, 4.69) is 4.98 Å². The highest BCUT2D eigenvalue weighted by atomic mass is 32.2. The highest BCUT2D eigenvalue weighted by Crippen LogP contribution is 2.38. The van der Waals surface area contributed by atoms with Gasteiger partial charge in [-0.3, -0.25) is 9.59 Å². The Balaban J connectivity index is 1.87. The molecule has 0 saturated heterocycles. The Bertz CT molecular complexity index is 1670. The average molecular weight is 498 g/mol. The summed E-state index contributed by atoms with van der Waals surface area (Å²) in [5, 5.41) is 0.573. The van der Waals surface area contributed by atoms with Gasteiger partial charge >= 0.3 is 0 Å². The third kappa shape index (κ3) is 4.25. The van der Waals surface area contributed by atoms with Crippen molar-refractivity contribution in [1.29, 1.82) is 0 Å². The highest BCUT2D eigenvalue weighted by Gasteiger charge is 2.29. The fourth-order valence-electron chi connectivity index (χ4n) is 4.75. The molecule has 0 bridgehead atoms. The van der Waals surface area contributed by atoms with E-state index in [4.69, 9.17) is 0 Å². The zero-order chi connectivity index (χ0) is 24.9. The lowest BCUT2D eigenvalue weighted by Gasteiger charge is -2.13. The number of benzene rings is 2. The third-order valence-electron chi connectivity index (χ3n) is 6.20. The van der Waals surface area contributed by atoms with Gasteiger partial charge < -0.3 is 9.55 Å². The van der Waals surface area contributed by atoms with E-state index in [0.717, 1.165) is 48.8 Å². The lowest BCUT2D eigenvalue weighted by molar-refractivity contribution is 0.0974. The lowest BCUT2D eigenvalue weighted by atomic mass is 10.00. The second-order valence-electron chi connectivity index (χ2n) is 8.65. The van der Waals surface area contributed by atoms with Gasteiger partial charge in [-0.2, -0.15) is 0 Å². The van der Waals surface area contributed by atoms with Gasteiger partial charge in [0.15, 0.2) is 0 Å². The minimum absolute atomic E-state index is 0.102. The van der Waals surface area contributed by atoms with Crippen molar-refractivity contribution in [3.8, 4) is 11.1 Å². The van der Waals surface area contributed by atoms with E-state index in [9.17, 15) is 26.8 Å². The number of aryl methyl sites for hydroxylation is 2. The van der Waals surface area contributed by atoms with Gasteiger partial charge in [0.25, 0.3) is 11.5 Å². The van der Waals surface area contributed by atoms with Gasteiger partial charge in [-0.05, 0) is 60.7 Å². The number of halogens is 2. The number of hydrogen-bond acceptors (Lipinski definition) is 4. The monoisotopic (exact) mass is 497 g/mol. The first-order valence-corrected chi connectivity index (χ1v) is 12.8. The Labute approximate surface area is 199 Å². The van der Waals surface area contributed by atoms with Crippen LogP contribution in [0, 0.1) is 11.6 Å². The number of H-pyrrole nitrogens is 1. The van der Waals surface area contributed by atoms with Gasteiger partial charge in [0.05, 0.1) is 12.8 Å². The van der Waals surface area contributed by atoms with Crippen LogP contribution in [0.25, 0.3) is 22.0 Å². The van der Waals surface area contributed by atoms with Crippen LogP contribution in [-0.4, -0.2) is 30.1 Å². The normalized spacial score (nSPS) is 13.2.